The molecule has 2 rings (SSSR count). The second kappa shape index (κ2) is 8.85. The third-order valence-corrected chi connectivity index (χ3v) is 4.74. The van der Waals surface area contributed by atoms with Crippen LogP contribution in [0.4, 0.5) is 0 Å². The number of carbonyl (C=O) groups is 2. The largest absolute Gasteiger partial charge is 0.496 e. The van der Waals surface area contributed by atoms with Gasteiger partial charge in [0.25, 0.3) is 5.91 Å². The van der Waals surface area contributed by atoms with Crippen LogP contribution in [0.25, 0.3) is 0 Å². The molecule has 5 nitrogen and oxygen atoms in total. The van der Waals surface area contributed by atoms with E-state index >= 15 is 0 Å². The lowest BCUT2D eigenvalue weighted by Crippen LogP contribution is -2.37. The van der Waals surface area contributed by atoms with Gasteiger partial charge in [0.2, 0.25) is 5.91 Å². The van der Waals surface area contributed by atoms with E-state index < -0.39 is 0 Å². The first-order chi connectivity index (χ1) is 12.3. The normalized spacial score (nSPS) is 10.3. The zero-order valence-electron chi connectivity index (χ0n) is 15.4. The third-order valence-electron chi connectivity index (χ3n) is 4.24. The molecule has 0 saturated heterocycles. The number of amides is 2. The van der Waals surface area contributed by atoms with Gasteiger partial charge in [-0.2, -0.15) is 0 Å². The molecule has 0 fully saturated rings. The summed E-state index contributed by atoms with van der Waals surface area (Å²) in [6.45, 7) is 4.28. The number of benzene rings is 2. The van der Waals surface area contributed by atoms with E-state index in [2.05, 4.69) is 21.2 Å². The van der Waals surface area contributed by atoms with Gasteiger partial charge in [0, 0.05) is 29.2 Å². The molecule has 0 radical (unpaired) electrons. The second-order valence-corrected chi connectivity index (χ2v) is 7.10. The van der Waals surface area contributed by atoms with Crippen molar-refractivity contribution in [3.8, 4) is 5.75 Å². The lowest BCUT2D eigenvalue weighted by Gasteiger charge is -2.19. The van der Waals surface area contributed by atoms with Crippen LogP contribution in [-0.4, -0.2) is 37.4 Å². The van der Waals surface area contributed by atoms with E-state index in [4.69, 9.17) is 4.74 Å². The summed E-state index contributed by atoms with van der Waals surface area (Å²) in [5, 5.41) is 2.68. The highest BCUT2D eigenvalue weighted by Crippen LogP contribution is 2.24. The number of hydrogen-bond donors (Lipinski definition) is 1. The summed E-state index contributed by atoms with van der Waals surface area (Å²) in [4.78, 5) is 26.1. The number of rotatable bonds is 6. The fraction of sp³-hybridized carbons (Fsp3) is 0.300. The zero-order chi connectivity index (χ0) is 19.3. The summed E-state index contributed by atoms with van der Waals surface area (Å²) in [5.74, 6) is 0.283. The van der Waals surface area contributed by atoms with E-state index in [1.807, 2.05) is 44.2 Å². The molecule has 0 heterocycles. The van der Waals surface area contributed by atoms with E-state index in [0.717, 1.165) is 21.2 Å². The molecule has 0 aliphatic carbocycles. The van der Waals surface area contributed by atoms with Crippen LogP contribution in [0.15, 0.2) is 40.9 Å². The number of hydrogen-bond acceptors (Lipinski definition) is 3. The van der Waals surface area contributed by atoms with Gasteiger partial charge in [-0.3, -0.25) is 9.59 Å². The summed E-state index contributed by atoms with van der Waals surface area (Å²) in [5.41, 5.74) is 3.61. The van der Waals surface area contributed by atoms with E-state index in [0.29, 0.717) is 17.9 Å². The number of halogens is 1. The van der Waals surface area contributed by atoms with Crippen LogP contribution in [0.2, 0.25) is 0 Å². The topological polar surface area (TPSA) is 58.6 Å². The van der Waals surface area contributed by atoms with Crippen molar-refractivity contribution >= 4 is 27.7 Å². The number of methoxy groups -OCH3 is 1. The molecule has 6 heteroatoms. The van der Waals surface area contributed by atoms with Gasteiger partial charge in [0.1, 0.15) is 5.75 Å². The van der Waals surface area contributed by atoms with Crippen LogP contribution in [0.1, 0.15) is 27.0 Å². The molecule has 0 saturated carbocycles. The minimum atomic E-state index is -0.255. The monoisotopic (exact) mass is 418 g/mol. The Bertz CT molecular complexity index is 821. The Kier molecular flexibility index (Phi) is 6.80. The minimum absolute atomic E-state index is 0.0570. The molecule has 0 bridgehead atoms. The summed E-state index contributed by atoms with van der Waals surface area (Å²) >= 11 is 3.42. The Morgan fingerprint density at radius 2 is 1.85 bits per heavy atom. The minimum Gasteiger partial charge on any atom is -0.496 e. The van der Waals surface area contributed by atoms with Gasteiger partial charge in [-0.15, -0.1) is 0 Å². The van der Waals surface area contributed by atoms with E-state index in [1.54, 1.807) is 25.1 Å². The van der Waals surface area contributed by atoms with Crippen LogP contribution in [0, 0.1) is 13.8 Å². The van der Waals surface area contributed by atoms with Gasteiger partial charge in [0.15, 0.2) is 0 Å². The molecule has 0 aliphatic rings. The predicted molar refractivity (Wildman–Crippen MR) is 105 cm³/mol. The Labute approximate surface area is 162 Å². The van der Waals surface area contributed by atoms with Crippen LogP contribution < -0.4 is 10.1 Å². The first kappa shape index (κ1) is 20.0. The molecule has 2 aromatic rings. The van der Waals surface area contributed by atoms with Gasteiger partial charge in [-0.25, -0.2) is 0 Å². The molecule has 1 N–H and O–H groups in total. The SMILES string of the molecule is COc1ccc(Br)cc1CN(C)C(=O)CNC(=O)c1ccc(C)c(C)c1. The second-order valence-electron chi connectivity index (χ2n) is 6.19. The van der Waals surface area contributed by atoms with Crippen LogP contribution >= 0.6 is 15.9 Å². The maximum atomic E-state index is 12.3. The standard InChI is InChI=1S/C20H23BrN2O3/c1-13-5-6-15(9-14(13)2)20(25)22-11-19(24)23(3)12-16-10-17(21)7-8-18(16)26-4/h5-10H,11-12H2,1-4H3,(H,22,25). The number of carbonyl (C=O) groups excluding carboxylic acids is 2. The van der Waals surface area contributed by atoms with Crippen molar-refractivity contribution in [3.05, 3.63) is 63.1 Å². The lowest BCUT2D eigenvalue weighted by atomic mass is 10.1. The molecule has 2 amide bonds. The number of nitrogens with zero attached hydrogens (tertiary/aromatic N) is 1. The third kappa shape index (κ3) is 5.08. The lowest BCUT2D eigenvalue weighted by molar-refractivity contribution is -0.129. The number of nitrogens with one attached hydrogen (secondary N) is 1. The van der Waals surface area contributed by atoms with E-state index in [9.17, 15) is 9.59 Å². The highest BCUT2D eigenvalue weighted by atomic mass is 79.9. The first-order valence-corrected chi connectivity index (χ1v) is 9.03. The summed E-state index contributed by atoms with van der Waals surface area (Å²) < 4.78 is 6.24. The molecular formula is C20H23BrN2O3. The first-order valence-electron chi connectivity index (χ1n) is 8.23. The molecule has 0 atom stereocenters. The molecule has 0 aromatic heterocycles. The quantitative estimate of drug-likeness (QED) is 0.780. The molecular weight excluding hydrogens is 396 g/mol. The number of ether oxygens (including phenoxy) is 1. The predicted octanol–water partition coefficient (Wildman–Crippen LogP) is 3.46. The zero-order valence-corrected chi connectivity index (χ0v) is 17.0. The van der Waals surface area contributed by atoms with E-state index in [-0.39, 0.29) is 18.4 Å². The molecule has 0 spiro atoms. The molecule has 2 aromatic carbocycles. The van der Waals surface area contributed by atoms with E-state index in [1.165, 1.54) is 0 Å². The molecule has 0 unspecified atom stereocenters. The summed E-state index contributed by atoms with van der Waals surface area (Å²) in [6.07, 6.45) is 0. The number of aryl methyl sites for hydroxylation is 2. The van der Waals surface area contributed by atoms with Gasteiger partial charge < -0.3 is 15.0 Å². The van der Waals surface area contributed by atoms with Gasteiger partial charge >= 0.3 is 0 Å². The van der Waals surface area contributed by atoms with Gasteiger partial charge in [-0.05, 0) is 55.3 Å². The van der Waals surface area contributed by atoms with Crippen molar-refractivity contribution in [2.75, 3.05) is 20.7 Å². The Balaban J connectivity index is 1.96. The molecule has 138 valence electrons. The Morgan fingerprint density at radius 3 is 2.50 bits per heavy atom. The van der Waals surface area contributed by atoms with Crippen LogP contribution in [0.5, 0.6) is 5.75 Å². The average Bonchev–Trinajstić information content (AvgIpc) is 2.61. The van der Waals surface area contributed by atoms with Gasteiger partial charge in [0.05, 0.1) is 13.7 Å². The highest BCUT2D eigenvalue weighted by molar-refractivity contribution is 9.10. The van der Waals surface area contributed by atoms with Crippen molar-refractivity contribution in [1.82, 2.24) is 10.2 Å². The molecule has 0 aliphatic heterocycles. The Hall–Kier alpha value is -2.34. The van der Waals surface area contributed by atoms with Crippen LogP contribution in [0.3, 0.4) is 0 Å². The molecule has 26 heavy (non-hydrogen) atoms. The van der Waals surface area contributed by atoms with Crippen LogP contribution in [-0.2, 0) is 11.3 Å². The maximum Gasteiger partial charge on any atom is 0.251 e. The highest BCUT2D eigenvalue weighted by Gasteiger charge is 2.14. The van der Waals surface area contributed by atoms with Crippen molar-refractivity contribution in [3.63, 3.8) is 0 Å². The fourth-order valence-corrected chi connectivity index (χ4v) is 2.90. The number of likely N-dealkylation sites (N-methyl/N-ethyl adjacent to an activating group) is 1. The fourth-order valence-electron chi connectivity index (χ4n) is 2.49. The maximum absolute atomic E-state index is 12.3. The van der Waals surface area contributed by atoms with Crippen molar-refractivity contribution in [2.24, 2.45) is 0 Å². The van der Waals surface area contributed by atoms with Crippen molar-refractivity contribution in [1.29, 1.82) is 0 Å². The average molecular weight is 419 g/mol. The smallest absolute Gasteiger partial charge is 0.251 e. The Morgan fingerprint density at radius 1 is 1.12 bits per heavy atom. The van der Waals surface area contributed by atoms with Gasteiger partial charge in [-0.1, -0.05) is 22.0 Å². The summed E-state index contributed by atoms with van der Waals surface area (Å²) in [7, 11) is 3.29. The van der Waals surface area contributed by atoms with Crippen molar-refractivity contribution < 1.29 is 14.3 Å². The summed E-state index contributed by atoms with van der Waals surface area (Å²) in [6, 6.07) is 11.1. The van der Waals surface area contributed by atoms with Crippen molar-refractivity contribution in [2.45, 2.75) is 20.4 Å².